The van der Waals surface area contributed by atoms with Crippen molar-refractivity contribution in [3.63, 3.8) is 0 Å². The zero-order valence-corrected chi connectivity index (χ0v) is 26.9. The molecule has 40 heavy (non-hydrogen) atoms. The van der Waals surface area contributed by atoms with E-state index in [1.165, 1.54) is 6.92 Å². The van der Waals surface area contributed by atoms with Crippen molar-refractivity contribution in [2.75, 3.05) is 0 Å². The fourth-order valence-corrected chi connectivity index (χ4v) is 11.8. The lowest BCUT2D eigenvalue weighted by atomic mass is 9.35. The van der Waals surface area contributed by atoms with Crippen molar-refractivity contribution in [2.24, 2.45) is 45.3 Å². The molecular formula is C34H56O6. The van der Waals surface area contributed by atoms with Crippen molar-refractivity contribution in [2.45, 2.75) is 157 Å². The second-order valence-electron chi connectivity index (χ2n) is 16.6. The van der Waals surface area contributed by atoms with Crippen LogP contribution in [0.25, 0.3) is 0 Å². The summed E-state index contributed by atoms with van der Waals surface area (Å²) in [5.74, 6) is 1.00. The highest BCUT2D eigenvalue weighted by atomic mass is 16.6. The van der Waals surface area contributed by atoms with Crippen LogP contribution in [0.2, 0.25) is 0 Å². The zero-order valence-electron chi connectivity index (χ0n) is 26.9. The Bertz CT molecular complexity index is 1030. The maximum absolute atomic E-state index is 12.6. The largest absolute Gasteiger partial charge is 0.462 e. The van der Waals surface area contributed by atoms with Crippen LogP contribution >= 0.6 is 0 Å². The maximum Gasteiger partial charge on any atom is 0.302 e. The van der Waals surface area contributed by atoms with E-state index in [1.54, 1.807) is 6.92 Å². The Morgan fingerprint density at radius 2 is 1.43 bits per heavy atom. The van der Waals surface area contributed by atoms with Gasteiger partial charge in [-0.25, -0.2) is 0 Å². The molecule has 228 valence electrons. The number of aliphatic hydroxyl groups is 1. The van der Waals surface area contributed by atoms with Gasteiger partial charge in [0.15, 0.2) is 0 Å². The number of ether oxygens (including phenoxy) is 3. The summed E-state index contributed by atoms with van der Waals surface area (Å²) in [5, 5.41) is 10.8. The average molecular weight is 561 g/mol. The minimum Gasteiger partial charge on any atom is -0.462 e. The van der Waals surface area contributed by atoms with Gasteiger partial charge in [-0.3, -0.25) is 9.59 Å². The summed E-state index contributed by atoms with van der Waals surface area (Å²) < 4.78 is 19.0. The van der Waals surface area contributed by atoms with Crippen molar-refractivity contribution in [1.82, 2.24) is 0 Å². The van der Waals surface area contributed by atoms with Gasteiger partial charge in [0.1, 0.15) is 12.2 Å². The van der Waals surface area contributed by atoms with Gasteiger partial charge in [0.2, 0.25) is 0 Å². The average Bonchev–Trinajstić information content (AvgIpc) is 3.39. The molecule has 5 rings (SSSR count). The molecular weight excluding hydrogens is 504 g/mol. The van der Waals surface area contributed by atoms with Crippen LogP contribution in [-0.2, 0) is 23.8 Å². The van der Waals surface area contributed by atoms with Crippen LogP contribution < -0.4 is 0 Å². The molecule has 1 heterocycles. The predicted octanol–water partition coefficient (Wildman–Crippen LogP) is 6.85. The first kappa shape index (κ1) is 30.3. The minimum atomic E-state index is -0.872. The van der Waals surface area contributed by atoms with E-state index in [0.29, 0.717) is 11.8 Å². The van der Waals surface area contributed by atoms with E-state index < -0.39 is 5.60 Å². The summed E-state index contributed by atoms with van der Waals surface area (Å²) in [6, 6.07) is 0. The van der Waals surface area contributed by atoms with E-state index in [9.17, 15) is 14.7 Å². The molecule has 6 heteroatoms. The van der Waals surface area contributed by atoms with Crippen molar-refractivity contribution in [1.29, 1.82) is 0 Å². The quantitative estimate of drug-likeness (QED) is 0.379. The third-order valence-corrected chi connectivity index (χ3v) is 13.8. The lowest BCUT2D eigenvalue weighted by molar-refractivity contribution is -0.254. The summed E-state index contributed by atoms with van der Waals surface area (Å²) in [7, 11) is 0. The van der Waals surface area contributed by atoms with Crippen LogP contribution in [0.15, 0.2) is 0 Å². The van der Waals surface area contributed by atoms with Gasteiger partial charge in [0.25, 0.3) is 0 Å². The van der Waals surface area contributed by atoms with E-state index in [4.69, 9.17) is 14.2 Å². The van der Waals surface area contributed by atoms with E-state index in [2.05, 4.69) is 41.5 Å². The van der Waals surface area contributed by atoms with E-state index in [-0.39, 0.29) is 69.3 Å². The molecule has 0 spiro atoms. The summed E-state index contributed by atoms with van der Waals surface area (Å²) in [6.07, 6.45) is 8.68. The van der Waals surface area contributed by atoms with Crippen LogP contribution in [0.4, 0.5) is 0 Å². The summed E-state index contributed by atoms with van der Waals surface area (Å²) >= 11 is 0. The van der Waals surface area contributed by atoms with Gasteiger partial charge in [0.05, 0.1) is 17.3 Å². The van der Waals surface area contributed by atoms with Gasteiger partial charge in [-0.05, 0) is 113 Å². The van der Waals surface area contributed by atoms with Gasteiger partial charge >= 0.3 is 11.9 Å². The Kier molecular flexibility index (Phi) is 7.15. The SMILES string of the molecule is CC(=O)O[C@@H]1C[C@H]2[C@@]3(C)CC[C@@H](OC(C)=O)C(C)(C)[C@H]3CC[C@@]2(C)[C@]2(C)CC[C@H]([C@@]3(C)CC[C@@H](C(C)(C)O)O3)[C@H]12. The predicted molar refractivity (Wildman–Crippen MR) is 154 cm³/mol. The lowest BCUT2D eigenvalue weighted by Gasteiger charge is -2.70. The Hall–Kier alpha value is -1.14. The zero-order chi connectivity index (χ0) is 29.7. The molecule has 5 fully saturated rings. The second kappa shape index (κ2) is 9.43. The van der Waals surface area contributed by atoms with Crippen LogP contribution in [0, 0.1) is 45.3 Å². The molecule has 0 aromatic carbocycles. The topological polar surface area (TPSA) is 82.1 Å². The number of carbonyl (C=O) groups excluding carboxylic acids is 2. The van der Waals surface area contributed by atoms with Crippen molar-refractivity contribution >= 4 is 11.9 Å². The highest BCUT2D eigenvalue weighted by Crippen LogP contribution is 2.76. The molecule has 0 bridgehead atoms. The second-order valence-corrected chi connectivity index (χ2v) is 16.6. The van der Waals surface area contributed by atoms with Gasteiger partial charge in [-0.2, -0.15) is 0 Å². The Labute approximate surface area is 242 Å². The minimum absolute atomic E-state index is 0.0186. The monoisotopic (exact) mass is 560 g/mol. The van der Waals surface area contributed by atoms with E-state index in [0.717, 1.165) is 57.8 Å². The van der Waals surface area contributed by atoms with Gasteiger partial charge in [0, 0.05) is 25.2 Å². The molecule has 6 nitrogen and oxygen atoms in total. The van der Waals surface area contributed by atoms with Gasteiger partial charge in [-0.1, -0.05) is 34.6 Å². The van der Waals surface area contributed by atoms with Crippen molar-refractivity contribution in [3.8, 4) is 0 Å². The number of hydrogen-bond donors (Lipinski definition) is 1. The highest BCUT2D eigenvalue weighted by Gasteiger charge is 2.72. The summed E-state index contributed by atoms with van der Waals surface area (Å²) in [4.78, 5) is 24.6. The standard InChI is InChI=1S/C34H56O6/c1-20(35)38-23-19-25-31(7)15-13-26(39-21(2)36)29(3,4)24(31)12-17-32(25,8)33(9)16-11-22(28(23)33)34(10)18-14-27(40-34)30(5,6)37/h22-28,37H,11-19H2,1-10H3/t22-,23+,24+,25-,26+,27-,28+,31-,32+,33+,34+/m0/s1. The third-order valence-electron chi connectivity index (χ3n) is 13.8. The number of hydrogen-bond acceptors (Lipinski definition) is 6. The lowest BCUT2D eigenvalue weighted by Crippen LogP contribution is -2.67. The van der Waals surface area contributed by atoms with Crippen LogP contribution in [0.5, 0.6) is 0 Å². The Morgan fingerprint density at radius 1 is 0.800 bits per heavy atom. The van der Waals surface area contributed by atoms with E-state index in [1.807, 2.05) is 13.8 Å². The summed E-state index contributed by atoms with van der Waals surface area (Å²) in [5.41, 5.74) is -1.10. The summed E-state index contributed by atoms with van der Waals surface area (Å²) in [6.45, 7) is 21.2. The molecule has 0 radical (unpaired) electrons. The number of esters is 2. The fourth-order valence-electron chi connectivity index (χ4n) is 11.8. The molecule has 5 aliphatic rings. The molecule has 11 atom stereocenters. The van der Waals surface area contributed by atoms with E-state index >= 15 is 0 Å². The Morgan fingerprint density at radius 3 is 2.00 bits per heavy atom. The van der Waals surface area contributed by atoms with Gasteiger partial charge < -0.3 is 19.3 Å². The first-order chi connectivity index (χ1) is 18.3. The fraction of sp³-hybridized carbons (Fsp3) is 0.941. The van der Waals surface area contributed by atoms with Crippen molar-refractivity contribution in [3.05, 3.63) is 0 Å². The molecule has 0 aromatic heterocycles. The first-order valence-electron chi connectivity index (χ1n) is 16.0. The molecule has 1 aliphatic heterocycles. The smallest absolute Gasteiger partial charge is 0.302 e. The molecule has 4 aliphatic carbocycles. The number of fused-ring (bicyclic) bond motifs is 5. The van der Waals surface area contributed by atoms with Crippen molar-refractivity contribution < 1.29 is 28.9 Å². The molecule has 0 amide bonds. The van der Waals surface area contributed by atoms with Crippen LogP contribution in [0.1, 0.15) is 127 Å². The Balaban J connectivity index is 1.52. The third kappa shape index (κ3) is 4.31. The highest BCUT2D eigenvalue weighted by molar-refractivity contribution is 5.66. The number of rotatable bonds is 4. The van der Waals surface area contributed by atoms with Crippen LogP contribution in [0.3, 0.4) is 0 Å². The van der Waals surface area contributed by atoms with Crippen LogP contribution in [-0.4, -0.2) is 46.6 Å². The first-order valence-corrected chi connectivity index (χ1v) is 16.0. The molecule has 0 aromatic rings. The molecule has 0 unspecified atom stereocenters. The molecule has 1 saturated heterocycles. The maximum atomic E-state index is 12.6. The van der Waals surface area contributed by atoms with Gasteiger partial charge in [-0.15, -0.1) is 0 Å². The molecule has 4 saturated carbocycles. The number of carbonyl (C=O) groups is 2. The normalized spacial score (nSPS) is 49.9. The molecule has 1 N–H and O–H groups in total.